The zero-order valence-corrected chi connectivity index (χ0v) is 11.2. The van der Waals surface area contributed by atoms with Crippen molar-refractivity contribution >= 4 is 17.5 Å². The molecule has 0 aromatic carbocycles. The van der Waals surface area contributed by atoms with Gasteiger partial charge in [0.15, 0.2) is 5.78 Å². The molecule has 2 aliphatic rings. The second kappa shape index (κ2) is 3.92. The van der Waals surface area contributed by atoms with Gasteiger partial charge >= 0.3 is 0 Å². The Morgan fingerprint density at radius 1 is 1.06 bits per heavy atom. The molecule has 0 bridgehead atoms. The number of allylic oxidation sites excluding steroid dienone is 3. The highest BCUT2D eigenvalue weighted by atomic mass is 32.2. The van der Waals surface area contributed by atoms with Crippen LogP contribution in [-0.4, -0.2) is 16.3 Å². The van der Waals surface area contributed by atoms with Gasteiger partial charge in [0.05, 0.1) is 4.75 Å². The lowest BCUT2D eigenvalue weighted by molar-refractivity contribution is -0.112. The van der Waals surface area contributed by atoms with Gasteiger partial charge in [-0.25, -0.2) is 0 Å². The Bertz CT molecular complexity index is 416. The van der Waals surface area contributed by atoms with Crippen LogP contribution in [0.4, 0.5) is 0 Å². The molecule has 0 saturated heterocycles. The average molecular weight is 234 g/mol. The second-order valence-corrected chi connectivity index (χ2v) is 6.30. The molecule has 2 rings (SSSR count). The van der Waals surface area contributed by atoms with Crippen LogP contribution in [0.3, 0.4) is 0 Å². The summed E-state index contributed by atoms with van der Waals surface area (Å²) < 4.78 is 0.0473. The van der Waals surface area contributed by atoms with Crippen LogP contribution >= 0.6 is 11.8 Å². The first kappa shape index (κ1) is 11.7. The van der Waals surface area contributed by atoms with Crippen molar-refractivity contribution in [1.82, 2.24) is 0 Å². The first-order valence-corrected chi connectivity index (χ1v) is 6.65. The number of hydrogen-bond acceptors (Lipinski definition) is 2. The van der Waals surface area contributed by atoms with Crippen LogP contribution in [-0.2, 0) is 4.79 Å². The van der Waals surface area contributed by atoms with Gasteiger partial charge in [-0.15, -0.1) is 11.8 Å². The number of carbonyl (C=O) groups is 1. The van der Waals surface area contributed by atoms with Gasteiger partial charge in [0.1, 0.15) is 0 Å². The van der Waals surface area contributed by atoms with E-state index >= 15 is 0 Å². The quantitative estimate of drug-likeness (QED) is 0.595. The fourth-order valence-electron chi connectivity index (χ4n) is 2.38. The van der Waals surface area contributed by atoms with Crippen molar-refractivity contribution in [2.75, 3.05) is 5.75 Å². The molecule has 0 aromatic heterocycles. The van der Waals surface area contributed by atoms with Crippen molar-refractivity contribution in [2.24, 2.45) is 0 Å². The standard InChI is InChI=1S/C14H18OS/c1-9-5-14(16-8-12(9)4)6-10(2)13(15)11(3)7-14/h6-7H,5,8H2,1-4H3. The number of rotatable bonds is 0. The summed E-state index contributed by atoms with van der Waals surface area (Å²) in [4.78, 5) is 11.7. The van der Waals surface area contributed by atoms with Crippen LogP contribution in [0.5, 0.6) is 0 Å². The molecule has 1 aliphatic carbocycles. The van der Waals surface area contributed by atoms with Gasteiger partial charge in [-0.2, -0.15) is 0 Å². The van der Waals surface area contributed by atoms with Gasteiger partial charge in [-0.3, -0.25) is 4.79 Å². The summed E-state index contributed by atoms with van der Waals surface area (Å²) in [5.41, 5.74) is 4.77. The van der Waals surface area contributed by atoms with Crippen molar-refractivity contribution in [3.05, 3.63) is 34.4 Å². The topological polar surface area (TPSA) is 17.1 Å². The fraction of sp³-hybridized carbons (Fsp3) is 0.500. The molecule has 1 heterocycles. The first-order chi connectivity index (χ1) is 7.43. The predicted molar refractivity (Wildman–Crippen MR) is 70.7 cm³/mol. The predicted octanol–water partition coefficient (Wildman–Crippen LogP) is 3.67. The van der Waals surface area contributed by atoms with E-state index in [9.17, 15) is 4.79 Å². The number of thioether (sulfide) groups is 1. The minimum Gasteiger partial charge on any atom is -0.289 e. The van der Waals surface area contributed by atoms with E-state index < -0.39 is 0 Å². The Balaban J connectivity index is 2.39. The van der Waals surface area contributed by atoms with E-state index in [1.807, 2.05) is 25.6 Å². The molecule has 0 unspecified atom stereocenters. The van der Waals surface area contributed by atoms with Crippen LogP contribution in [0.25, 0.3) is 0 Å². The molecule has 0 atom stereocenters. The third kappa shape index (κ3) is 1.91. The van der Waals surface area contributed by atoms with Gasteiger partial charge in [-0.1, -0.05) is 23.3 Å². The number of Topliss-reactive ketones (excluding diaryl/α,β-unsaturated/α-hetero) is 1. The van der Waals surface area contributed by atoms with Crippen molar-refractivity contribution in [2.45, 2.75) is 38.9 Å². The number of carbonyl (C=O) groups excluding carboxylic acids is 1. The molecule has 0 radical (unpaired) electrons. The lowest BCUT2D eigenvalue weighted by Crippen LogP contribution is -2.29. The molecule has 0 amide bonds. The molecule has 0 aromatic rings. The van der Waals surface area contributed by atoms with E-state index in [1.165, 1.54) is 11.1 Å². The first-order valence-electron chi connectivity index (χ1n) is 5.66. The van der Waals surface area contributed by atoms with Gasteiger partial charge in [0.25, 0.3) is 0 Å². The molecule has 1 spiro atoms. The fourth-order valence-corrected chi connectivity index (χ4v) is 3.95. The SMILES string of the molecule is CC1=CC2(C=C(C)C1=O)CC(C)=C(C)CS2. The maximum absolute atomic E-state index is 11.7. The van der Waals surface area contributed by atoms with Crippen molar-refractivity contribution in [1.29, 1.82) is 0 Å². The van der Waals surface area contributed by atoms with Crippen molar-refractivity contribution < 1.29 is 4.79 Å². The normalized spacial score (nSPS) is 24.6. The van der Waals surface area contributed by atoms with Crippen LogP contribution in [0, 0.1) is 0 Å². The van der Waals surface area contributed by atoms with Gasteiger partial charge in [0.2, 0.25) is 0 Å². The van der Waals surface area contributed by atoms with Gasteiger partial charge in [-0.05, 0) is 45.3 Å². The highest BCUT2D eigenvalue weighted by molar-refractivity contribution is 8.01. The maximum atomic E-state index is 11.7. The molecule has 1 nitrogen and oxygen atoms in total. The smallest absolute Gasteiger partial charge is 0.183 e. The maximum Gasteiger partial charge on any atom is 0.183 e. The molecular formula is C14H18OS. The average Bonchev–Trinajstić information content (AvgIpc) is 2.21. The number of hydrogen-bond donors (Lipinski definition) is 0. The highest BCUT2D eigenvalue weighted by Gasteiger charge is 2.34. The van der Waals surface area contributed by atoms with Crippen LogP contribution in [0.15, 0.2) is 34.4 Å². The molecule has 0 saturated carbocycles. The van der Waals surface area contributed by atoms with E-state index in [-0.39, 0.29) is 10.5 Å². The lowest BCUT2D eigenvalue weighted by Gasteiger charge is -2.35. The molecular weight excluding hydrogens is 216 g/mol. The van der Waals surface area contributed by atoms with E-state index in [0.29, 0.717) is 0 Å². The highest BCUT2D eigenvalue weighted by Crippen LogP contribution is 2.44. The summed E-state index contributed by atoms with van der Waals surface area (Å²) in [5.74, 6) is 1.28. The van der Waals surface area contributed by atoms with Crippen molar-refractivity contribution in [3.63, 3.8) is 0 Å². The van der Waals surface area contributed by atoms with E-state index in [1.54, 1.807) is 0 Å². The largest absolute Gasteiger partial charge is 0.289 e. The molecule has 2 heteroatoms. The lowest BCUT2D eigenvalue weighted by atomic mass is 9.86. The summed E-state index contributed by atoms with van der Waals surface area (Å²) in [7, 11) is 0. The van der Waals surface area contributed by atoms with E-state index in [4.69, 9.17) is 0 Å². The van der Waals surface area contributed by atoms with Gasteiger partial charge in [0, 0.05) is 5.75 Å². The Kier molecular flexibility index (Phi) is 2.87. The van der Waals surface area contributed by atoms with Crippen LogP contribution in [0.2, 0.25) is 0 Å². The molecule has 0 N–H and O–H groups in total. The molecule has 0 fully saturated rings. The zero-order chi connectivity index (χ0) is 11.9. The number of ketones is 1. The molecule has 86 valence electrons. The zero-order valence-electron chi connectivity index (χ0n) is 10.4. The monoisotopic (exact) mass is 234 g/mol. The molecule has 16 heavy (non-hydrogen) atoms. The molecule has 1 aliphatic heterocycles. The summed E-state index contributed by atoms with van der Waals surface area (Å²) in [5, 5.41) is 0. The van der Waals surface area contributed by atoms with Gasteiger partial charge < -0.3 is 0 Å². The summed E-state index contributed by atoms with van der Waals surface area (Å²) in [6.07, 6.45) is 5.36. The third-order valence-corrected chi connectivity index (χ3v) is 4.96. The van der Waals surface area contributed by atoms with Crippen LogP contribution < -0.4 is 0 Å². The summed E-state index contributed by atoms with van der Waals surface area (Å²) in [6, 6.07) is 0. The minimum atomic E-state index is 0.0473. The van der Waals surface area contributed by atoms with Crippen molar-refractivity contribution in [3.8, 4) is 0 Å². The van der Waals surface area contributed by atoms with E-state index in [2.05, 4.69) is 26.0 Å². The Labute approximate surface area is 102 Å². The minimum absolute atomic E-state index is 0.0473. The Hall–Kier alpha value is -0.760. The van der Waals surface area contributed by atoms with Crippen LogP contribution in [0.1, 0.15) is 34.1 Å². The summed E-state index contributed by atoms with van der Waals surface area (Å²) >= 11 is 1.94. The third-order valence-electron chi connectivity index (χ3n) is 3.47. The second-order valence-electron chi connectivity index (χ2n) is 4.96. The Morgan fingerprint density at radius 3 is 2.12 bits per heavy atom. The summed E-state index contributed by atoms with van der Waals surface area (Å²) in [6.45, 7) is 8.28. The van der Waals surface area contributed by atoms with E-state index in [0.717, 1.165) is 23.3 Å². The Morgan fingerprint density at radius 2 is 1.62 bits per heavy atom.